The van der Waals surface area contributed by atoms with Crippen LogP contribution in [0.3, 0.4) is 0 Å². The Morgan fingerprint density at radius 3 is 2.91 bits per heavy atom. The number of rotatable bonds is 2. The van der Waals surface area contributed by atoms with Gasteiger partial charge < -0.3 is 14.8 Å². The van der Waals surface area contributed by atoms with E-state index in [4.69, 9.17) is 16.3 Å². The van der Waals surface area contributed by atoms with E-state index >= 15 is 0 Å². The fourth-order valence-corrected chi connectivity index (χ4v) is 3.06. The monoisotopic (exact) mass is 326 g/mol. The lowest BCUT2D eigenvalue weighted by Crippen LogP contribution is -2.05. The third-order valence-corrected chi connectivity index (χ3v) is 4.05. The van der Waals surface area contributed by atoms with Gasteiger partial charge in [0.2, 0.25) is 0 Å². The summed E-state index contributed by atoms with van der Waals surface area (Å²) in [7, 11) is 0. The number of carbonyl (C=O) groups is 1. The van der Waals surface area contributed by atoms with Crippen molar-refractivity contribution in [3.63, 3.8) is 0 Å². The highest BCUT2D eigenvalue weighted by Gasteiger charge is 2.28. The highest BCUT2D eigenvalue weighted by atomic mass is 35.5. The molecule has 0 bridgehead atoms. The predicted molar refractivity (Wildman–Crippen MR) is 85.8 cm³/mol. The maximum absolute atomic E-state index is 11.7. The number of halogens is 1. The van der Waals surface area contributed by atoms with Crippen molar-refractivity contribution in [1.82, 2.24) is 9.97 Å². The molecule has 2 N–H and O–H groups in total. The van der Waals surface area contributed by atoms with Crippen LogP contribution in [0.15, 0.2) is 42.7 Å². The summed E-state index contributed by atoms with van der Waals surface area (Å²) in [6.07, 6.45) is 3.11. The standard InChI is InChI=1S/C17H11ClN2O3/c18-10-5-9(6-19-7-10)14-12-8-23-13-4-2-1-3-11(13)15(12)20-16(14)17(21)22/h1-7,20H,8H2,(H,21,22). The minimum Gasteiger partial charge on any atom is -0.488 e. The van der Waals surface area contributed by atoms with Crippen molar-refractivity contribution in [3.05, 3.63) is 59.0 Å². The summed E-state index contributed by atoms with van der Waals surface area (Å²) >= 11 is 6.01. The van der Waals surface area contributed by atoms with Crippen LogP contribution in [0, 0.1) is 0 Å². The molecule has 0 saturated heterocycles. The van der Waals surface area contributed by atoms with Gasteiger partial charge in [0, 0.05) is 34.6 Å². The highest BCUT2D eigenvalue weighted by molar-refractivity contribution is 6.30. The summed E-state index contributed by atoms with van der Waals surface area (Å²) < 4.78 is 5.77. The molecule has 0 saturated carbocycles. The van der Waals surface area contributed by atoms with Gasteiger partial charge in [-0.2, -0.15) is 0 Å². The number of benzene rings is 1. The number of para-hydroxylation sites is 1. The van der Waals surface area contributed by atoms with E-state index in [0.717, 1.165) is 22.6 Å². The predicted octanol–water partition coefficient (Wildman–Crippen LogP) is 3.99. The first kappa shape index (κ1) is 13.8. The molecule has 1 aliphatic heterocycles. The van der Waals surface area contributed by atoms with Gasteiger partial charge in [0.15, 0.2) is 0 Å². The number of fused-ring (bicyclic) bond motifs is 3. The van der Waals surface area contributed by atoms with Crippen LogP contribution < -0.4 is 4.74 Å². The maximum Gasteiger partial charge on any atom is 0.352 e. The van der Waals surface area contributed by atoms with Gasteiger partial charge in [-0.25, -0.2) is 4.79 Å². The van der Waals surface area contributed by atoms with Gasteiger partial charge in [0.25, 0.3) is 0 Å². The first-order valence-electron chi connectivity index (χ1n) is 6.96. The maximum atomic E-state index is 11.7. The molecular formula is C17H11ClN2O3. The normalized spacial score (nSPS) is 12.2. The Bertz CT molecular complexity index is 933. The van der Waals surface area contributed by atoms with Gasteiger partial charge in [-0.15, -0.1) is 0 Å². The number of ether oxygens (including phenoxy) is 1. The molecule has 2 aromatic heterocycles. The van der Waals surface area contributed by atoms with Crippen LogP contribution in [0.2, 0.25) is 5.02 Å². The first-order valence-corrected chi connectivity index (χ1v) is 7.34. The van der Waals surface area contributed by atoms with Crippen LogP contribution >= 0.6 is 11.6 Å². The number of nitrogens with zero attached hydrogens (tertiary/aromatic N) is 1. The first-order chi connectivity index (χ1) is 11.1. The minimum atomic E-state index is -1.04. The van der Waals surface area contributed by atoms with E-state index in [1.807, 2.05) is 24.3 Å². The molecule has 0 aliphatic carbocycles. The third kappa shape index (κ3) is 2.17. The van der Waals surface area contributed by atoms with Crippen LogP contribution in [0.1, 0.15) is 16.1 Å². The highest BCUT2D eigenvalue weighted by Crippen LogP contribution is 2.42. The summed E-state index contributed by atoms with van der Waals surface area (Å²) in [6.45, 7) is 0.290. The molecule has 4 rings (SSSR count). The molecule has 0 atom stereocenters. The van der Waals surface area contributed by atoms with E-state index in [1.165, 1.54) is 6.20 Å². The Kier molecular flexibility index (Phi) is 3.09. The molecule has 23 heavy (non-hydrogen) atoms. The van der Waals surface area contributed by atoms with Crippen molar-refractivity contribution in [2.24, 2.45) is 0 Å². The molecule has 6 heteroatoms. The topological polar surface area (TPSA) is 75.2 Å². The summed E-state index contributed by atoms with van der Waals surface area (Å²) in [6, 6.07) is 9.23. The fourth-order valence-electron chi connectivity index (χ4n) is 2.89. The average molecular weight is 327 g/mol. The molecule has 3 heterocycles. The summed E-state index contributed by atoms with van der Waals surface area (Å²) in [5.41, 5.74) is 3.73. The van der Waals surface area contributed by atoms with Gasteiger partial charge >= 0.3 is 5.97 Å². The molecule has 0 fully saturated rings. The van der Waals surface area contributed by atoms with Crippen molar-refractivity contribution < 1.29 is 14.6 Å². The van der Waals surface area contributed by atoms with Gasteiger partial charge in [0.05, 0.1) is 10.7 Å². The van der Waals surface area contributed by atoms with Gasteiger partial charge in [0.1, 0.15) is 18.1 Å². The quantitative estimate of drug-likeness (QED) is 0.746. The number of pyridine rings is 1. The summed E-state index contributed by atoms with van der Waals surface area (Å²) in [4.78, 5) is 18.8. The van der Waals surface area contributed by atoms with Crippen LogP contribution in [0.4, 0.5) is 0 Å². The summed E-state index contributed by atoms with van der Waals surface area (Å²) in [5.74, 6) is -0.305. The zero-order valence-electron chi connectivity index (χ0n) is 11.8. The fraction of sp³-hybridized carbons (Fsp3) is 0.0588. The van der Waals surface area contributed by atoms with E-state index in [1.54, 1.807) is 12.3 Å². The lowest BCUT2D eigenvalue weighted by Gasteiger charge is -2.18. The Balaban J connectivity index is 2.01. The largest absolute Gasteiger partial charge is 0.488 e. The molecular weight excluding hydrogens is 316 g/mol. The number of carboxylic acid groups (broad SMARTS) is 1. The van der Waals surface area contributed by atoms with Crippen molar-refractivity contribution in [2.75, 3.05) is 0 Å². The van der Waals surface area contributed by atoms with Gasteiger partial charge in [-0.3, -0.25) is 4.98 Å². The number of aromatic nitrogens is 2. The number of aromatic amines is 1. The van der Waals surface area contributed by atoms with Crippen LogP contribution in [0.25, 0.3) is 22.4 Å². The number of nitrogens with one attached hydrogen (secondary N) is 1. The van der Waals surface area contributed by atoms with Crippen molar-refractivity contribution in [1.29, 1.82) is 0 Å². The smallest absolute Gasteiger partial charge is 0.352 e. The molecule has 0 spiro atoms. The van der Waals surface area contributed by atoms with Gasteiger partial charge in [-0.1, -0.05) is 23.7 Å². The molecule has 1 aliphatic rings. The van der Waals surface area contributed by atoms with E-state index in [9.17, 15) is 9.90 Å². The number of aromatic carboxylic acids is 1. The zero-order chi connectivity index (χ0) is 16.0. The molecule has 0 radical (unpaired) electrons. The number of hydrogen-bond acceptors (Lipinski definition) is 3. The number of hydrogen-bond donors (Lipinski definition) is 2. The van der Waals surface area contributed by atoms with Crippen molar-refractivity contribution >= 4 is 17.6 Å². The second-order valence-corrected chi connectivity index (χ2v) is 5.65. The average Bonchev–Trinajstić information content (AvgIpc) is 2.95. The lowest BCUT2D eigenvalue weighted by molar-refractivity contribution is 0.0692. The van der Waals surface area contributed by atoms with Crippen molar-refractivity contribution in [2.45, 2.75) is 6.61 Å². The van der Waals surface area contributed by atoms with Crippen LogP contribution in [-0.4, -0.2) is 21.0 Å². The van der Waals surface area contributed by atoms with E-state index in [2.05, 4.69) is 9.97 Å². The molecule has 0 amide bonds. The van der Waals surface area contributed by atoms with E-state index in [0.29, 0.717) is 16.1 Å². The lowest BCUT2D eigenvalue weighted by atomic mass is 9.97. The second-order valence-electron chi connectivity index (χ2n) is 5.21. The van der Waals surface area contributed by atoms with Crippen LogP contribution in [0.5, 0.6) is 5.75 Å². The van der Waals surface area contributed by atoms with Crippen LogP contribution in [-0.2, 0) is 6.61 Å². The zero-order valence-corrected chi connectivity index (χ0v) is 12.6. The summed E-state index contributed by atoms with van der Waals surface area (Å²) in [5, 5.41) is 10.0. The third-order valence-electron chi connectivity index (χ3n) is 3.84. The molecule has 0 unspecified atom stereocenters. The molecule has 3 aromatic rings. The van der Waals surface area contributed by atoms with Crippen molar-refractivity contribution in [3.8, 4) is 28.1 Å². The number of H-pyrrole nitrogens is 1. The molecule has 1 aromatic carbocycles. The van der Waals surface area contributed by atoms with Gasteiger partial charge in [-0.05, 0) is 18.2 Å². The minimum absolute atomic E-state index is 0.111. The Morgan fingerprint density at radius 2 is 2.13 bits per heavy atom. The molecule has 5 nitrogen and oxygen atoms in total. The second kappa shape index (κ2) is 5.14. The Labute approximate surface area is 136 Å². The SMILES string of the molecule is O=C(O)c1[nH]c2c(c1-c1cncc(Cl)c1)COc1ccccc1-2. The van der Waals surface area contributed by atoms with E-state index in [-0.39, 0.29) is 12.3 Å². The van der Waals surface area contributed by atoms with E-state index < -0.39 is 5.97 Å². The Hall–Kier alpha value is -2.79. The molecule has 114 valence electrons. The number of carboxylic acids is 1. The Morgan fingerprint density at radius 1 is 1.30 bits per heavy atom.